The quantitative estimate of drug-likeness (QED) is 0.403. The van der Waals surface area contributed by atoms with Gasteiger partial charge in [0.2, 0.25) is 0 Å². The molecule has 0 spiro atoms. The number of benzene rings is 1. The van der Waals surface area contributed by atoms with E-state index >= 15 is 0 Å². The monoisotopic (exact) mass is 330 g/mol. The Hall–Kier alpha value is -1.60. The number of hydrogen-bond acceptors (Lipinski definition) is 4. The molecule has 1 aromatic rings. The van der Waals surface area contributed by atoms with Crippen molar-refractivity contribution in [3.63, 3.8) is 0 Å². The van der Waals surface area contributed by atoms with Crippen molar-refractivity contribution in [2.45, 2.75) is 56.4 Å². The second kappa shape index (κ2) is 8.75. The van der Waals surface area contributed by atoms with Crippen LogP contribution in [0.2, 0.25) is 0 Å². The number of ether oxygens (including phenoxy) is 1. The van der Waals surface area contributed by atoms with Gasteiger partial charge in [-0.2, -0.15) is 8.42 Å². The van der Waals surface area contributed by atoms with Crippen LogP contribution in [0.1, 0.15) is 57.1 Å². The molecular weight excluding hydrogens is 308 g/mol. The van der Waals surface area contributed by atoms with Gasteiger partial charge in [0.25, 0.3) is 10.1 Å². The molecule has 0 saturated carbocycles. The van der Waals surface area contributed by atoms with Crippen molar-refractivity contribution in [1.29, 1.82) is 0 Å². The van der Waals surface area contributed by atoms with Crippen molar-refractivity contribution in [2.24, 2.45) is 0 Å². The molecule has 1 aromatic carbocycles. The minimum atomic E-state index is -4.25. The molecule has 0 aromatic heterocycles. The Labute approximate surface area is 130 Å². The van der Waals surface area contributed by atoms with E-state index in [1.807, 2.05) is 0 Å². The topological polar surface area (TPSA) is 101 Å². The molecule has 0 fully saturated rings. The number of hydrogen-bond donors (Lipinski definition) is 2. The fraction of sp³-hybridized carbons (Fsp3) is 0.533. The minimum absolute atomic E-state index is 0.228. The first-order valence-electron chi connectivity index (χ1n) is 7.31. The largest absolute Gasteiger partial charge is 0.506 e. The summed E-state index contributed by atoms with van der Waals surface area (Å²) in [4.78, 5) is 10.6. The molecule has 0 radical (unpaired) electrons. The molecule has 1 rings (SSSR count). The van der Waals surface area contributed by atoms with E-state index < -0.39 is 22.4 Å². The van der Waals surface area contributed by atoms with Gasteiger partial charge in [-0.1, -0.05) is 44.7 Å². The SMILES string of the molecule is CCCCCCCC(OC(=O)O)c1ccc(S(=O)(=O)O)cc1. The van der Waals surface area contributed by atoms with E-state index in [1.165, 1.54) is 24.3 Å². The van der Waals surface area contributed by atoms with Gasteiger partial charge in [-0.3, -0.25) is 4.55 Å². The molecule has 0 bridgehead atoms. The molecule has 0 amide bonds. The molecule has 22 heavy (non-hydrogen) atoms. The lowest BCUT2D eigenvalue weighted by molar-refractivity contribution is 0.0464. The molecule has 7 heteroatoms. The lowest BCUT2D eigenvalue weighted by Crippen LogP contribution is -2.10. The average molecular weight is 330 g/mol. The van der Waals surface area contributed by atoms with Crippen LogP contribution < -0.4 is 0 Å². The van der Waals surface area contributed by atoms with Gasteiger partial charge in [-0.25, -0.2) is 4.79 Å². The molecule has 0 heterocycles. The lowest BCUT2D eigenvalue weighted by atomic mass is 10.0. The van der Waals surface area contributed by atoms with Crippen LogP contribution in [0.4, 0.5) is 4.79 Å². The summed E-state index contributed by atoms with van der Waals surface area (Å²) in [5.41, 5.74) is 0.574. The highest BCUT2D eigenvalue weighted by Crippen LogP contribution is 2.25. The third kappa shape index (κ3) is 6.44. The van der Waals surface area contributed by atoms with Gasteiger partial charge in [0.1, 0.15) is 6.10 Å². The van der Waals surface area contributed by atoms with E-state index in [-0.39, 0.29) is 4.90 Å². The zero-order chi connectivity index (χ0) is 16.6. The van der Waals surface area contributed by atoms with Crippen LogP contribution >= 0.6 is 0 Å². The summed E-state index contributed by atoms with van der Waals surface area (Å²) in [7, 11) is -4.25. The highest BCUT2D eigenvalue weighted by molar-refractivity contribution is 7.85. The van der Waals surface area contributed by atoms with Gasteiger partial charge in [0, 0.05) is 0 Å². The van der Waals surface area contributed by atoms with E-state index in [4.69, 9.17) is 14.4 Å². The first kappa shape index (κ1) is 18.4. The van der Waals surface area contributed by atoms with Crippen molar-refractivity contribution in [3.8, 4) is 0 Å². The maximum absolute atomic E-state index is 11.0. The standard InChI is InChI=1S/C15H22O6S/c1-2-3-4-5-6-7-14(21-15(16)17)12-8-10-13(11-9-12)22(18,19)20/h8-11,14H,2-7H2,1H3,(H,16,17)(H,18,19,20). The minimum Gasteiger partial charge on any atom is -0.450 e. The van der Waals surface area contributed by atoms with Crippen LogP contribution in [0.3, 0.4) is 0 Å². The molecule has 6 nitrogen and oxygen atoms in total. The Morgan fingerprint density at radius 3 is 2.23 bits per heavy atom. The van der Waals surface area contributed by atoms with Gasteiger partial charge < -0.3 is 9.84 Å². The van der Waals surface area contributed by atoms with Crippen LogP contribution in [-0.2, 0) is 14.9 Å². The second-order valence-corrected chi connectivity index (χ2v) is 6.54. The molecule has 0 aliphatic heterocycles. The van der Waals surface area contributed by atoms with Gasteiger partial charge >= 0.3 is 6.16 Å². The van der Waals surface area contributed by atoms with Crippen molar-refractivity contribution in [1.82, 2.24) is 0 Å². The van der Waals surface area contributed by atoms with E-state index in [9.17, 15) is 13.2 Å². The van der Waals surface area contributed by atoms with Gasteiger partial charge in [-0.15, -0.1) is 0 Å². The van der Waals surface area contributed by atoms with Gasteiger partial charge in [-0.05, 0) is 30.5 Å². The predicted octanol–water partition coefficient (Wildman–Crippen LogP) is 4.03. The fourth-order valence-electron chi connectivity index (χ4n) is 2.20. The molecule has 2 N–H and O–H groups in total. The normalized spacial score (nSPS) is 12.8. The van der Waals surface area contributed by atoms with Crippen LogP contribution in [0.15, 0.2) is 29.2 Å². The summed E-state index contributed by atoms with van der Waals surface area (Å²) in [6.45, 7) is 2.12. The fourth-order valence-corrected chi connectivity index (χ4v) is 2.68. The Bertz CT molecular complexity index is 564. The van der Waals surface area contributed by atoms with Crippen LogP contribution in [0, 0.1) is 0 Å². The van der Waals surface area contributed by atoms with E-state index in [2.05, 4.69) is 6.92 Å². The third-order valence-electron chi connectivity index (χ3n) is 3.36. The van der Waals surface area contributed by atoms with Gasteiger partial charge in [0.15, 0.2) is 0 Å². The van der Waals surface area contributed by atoms with E-state index in [0.717, 1.165) is 32.1 Å². The number of carboxylic acid groups (broad SMARTS) is 1. The average Bonchev–Trinajstić information content (AvgIpc) is 2.44. The molecule has 0 aliphatic carbocycles. The summed E-state index contributed by atoms with van der Waals surface area (Å²) < 4.78 is 35.8. The first-order valence-corrected chi connectivity index (χ1v) is 8.75. The highest BCUT2D eigenvalue weighted by Gasteiger charge is 2.17. The number of unbranched alkanes of at least 4 members (excludes halogenated alkanes) is 4. The summed E-state index contributed by atoms with van der Waals surface area (Å²) in [6.07, 6.45) is 3.75. The zero-order valence-electron chi connectivity index (χ0n) is 12.6. The lowest BCUT2D eigenvalue weighted by Gasteiger charge is -2.16. The Morgan fingerprint density at radius 1 is 1.14 bits per heavy atom. The molecule has 1 atom stereocenters. The maximum atomic E-state index is 11.0. The number of carbonyl (C=O) groups is 1. The summed E-state index contributed by atoms with van der Waals surface area (Å²) >= 11 is 0. The molecule has 0 aliphatic rings. The van der Waals surface area contributed by atoms with Crippen molar-refractivity contribution >= 4 is 16.3 Å². The van der Waals surface area contributed by atoms with E-state index in [1.54, 1.807) is 0 Å². The summed E-state index contributed by atoms with van der Waals surface area (Å²) in [5, 5.41) is 8.81. The van der Waals surface area contributed by atoms with E-state index in [0.29, 0.717) is 12.0 Å². The van der Waals surface area contributed by atoms with Crippen LogP contribution in [0.25, 0.3) is 0 Å². The second-order valence-electron chi connectivity index (χ2n) is 5.12. The maximum Gasteiger partial charge on any atom is 0.506 e. The summed E-state index contributed by atoms with van der Waals surface area (Å²) in [5.74, 6) is 0. The van der Waals surface area contributed by atoms with Crippen LogP contribution in [-0.4, -0.2) is 24.2 Å². The predicted molar refractivity (Wildman–Crippen MR) is 81.5 cm³/mol. The van der Waals surface area contributed by atoms with Crippen molar-refractivity contribution < 1.29 is 27.6 Å². The summed E-state index contributed by atoms with van der Waals surface area (Å²) in [6, 6.07) is 5.39. The Morgan fingerprint density at radius 2 is 1.73 bits per heavy atom. The van der Waals surface area contributed by atoms with Crippen molar-refractivity contribution in [3.05, 3.63) is 29.8 Å². The highest BCUT2D eigenvalue weighted by atomic mass is 32.2. The Balaban J connectivity index is 2.72. The van der Waals surface area contributed by atoms with Crippen molar-refractivity contribution in [2.75, 3.05) is 0 Å². The molecule has 0 saturated heterocycles. The Kier molecular flexibility index (Phi) is 7.34. The molecule has 124 valence electrons. The molecule has 1 unspecified atom stereocenters. The van der Waals surface area contributed by atoms with Gasteiger partial charge in [0.05, 0.1) is 4.90 Å². The first-order chi connectivity index (χ1) is 10.3. The smallest absolute Gasteiger partial charge is 0.450 e. The van der Waals surface area contributed by atoms with Crippen LogP contribution in [0.5, 0.6) is 0 Å². The molecular formula is C15H22O6S. The number of rotatable bonds is 9. The third-order valence-corrected chi connectivity index (χ3v) is 4.23. The zero-order valence-corrected chi connectivity index (χ0v) is 13.4.